The molecule has 1 amide bonds. The molecule has 27 heavy (non-hydrogen) atoms. The van der Waals surface area contributed by atoms with E-state index in [1.165, 1.54) is 11.3 Å². The maximum Gasteiger partial charge on any atom is 0.282 e. The molecule has 4 aromatic rings. The number of fused-ring (bicyclic) bond motifs is 1. The second-order valence-corrected chi connectivity index (χ2v) is 7.90. The van der Waals surface area contributed by atoms with Crippen LogP contribution in [0, 0.1) is 0 Å². The topological polar surface area (TPSA) is 72.7 Å². The van der Waals surface area contributed by atoms with Crippen LogP contribution in [0.2, 0.25) is 0 Å². The highest BCUT2D eigenvalue weighted by Crippen LogP contribution is 2.26. The molecule has 0 radical (unpaired) electrons. The number of carbonyl (C=O) groups is 1. The average Bonchev–Trinajstić information content (AvgIpc) is 3.30. The van der Waals surface area contributed by atoms with Gasteiger partial charge in [0.05, 0.1) is 16.8 Å². The summed E-state index contributed by atoms with van der Waals surface area (Å²) in [7, 11) is 2.00. The molecule has 2 aromatic carbocycles. The van der Waals surface area contributed by atoms with E-state index in [0.29, 0.717) is 17.3 Å². The molecule has 0 spiro atoms. The number of nitrogens with zero attached hydrogens (tertiary/aromatic N) is 4. The fourth-order valence-corrected chi connectivity index (χ4v) is 4.37. The highest BCUT2D eigenvalue weighted by molar-refractivity contribution is 7.98. The van der Waals surface area contributed by atoms with Gasteiger partial charge in [-0.05, 0) is 17.7 Å². The highest BCUT2D eigenvalue weighted by atomic mass is 32.2. The van der Waals surface area contributed by atoms with E-state index in [9.17, 15) is 4.79 Å². The van der Waals surface area contributed by atoms with Crippen molar-refractivity contribution in [1.29, 1.82) is 0 Å². The number of nitrogens with one attached hydrogen (secondary N) is 1. The monoisotopic (exact) mass is 395 g/mol. The van der Waals surface area contributed by atoms with Gasteiger partial charge in [-0.2, -0.15) is 0 Å². The fourth-order valence-electron chi connectivity index (χ4n) is 2.64. The van der Waals surface area contributed by atoms with Crippen molar-refractivity contribution in [2.45, 2.75) is 17.5 Å². The van der Waals surface area contributed by atoms with Gasteiger partial charge in [0, 0.05) is 13.6 Å². The summed E-state index contributed by atoms with van der Waals surface area (Å²) in [5.74, 6) is 0.427. The van der Waals surface area contributed by atoms with Crippen molar-refractivity contribution in [2.24, 2.45) is 7.05 Å². The molecule has 6 nitrogen and oxygen atoms in total. The molecule has 1 N–H and O–H groups in total. The number of carbonyl (C=O) groups excluding carboxylic acids is 1. The Balaban J connectivity index is 1.37. The highest BCUT2D eigenvalue weighted by Gasteiger charge is 2.14. The Labute approximate surface area is 164 Å². The largest absolute Gasteiger partial charge is 0.346 e. The smallest absolute Gasteiger partial charge is 0.282 e. The zero-order valence-electron chi connectivity index (χ0n) is 14.6. The second-order valence-electron chi connectivity index (χ2n) is 5.90. The number of thioether (sulfide) groups is 1. The lowest BCUT2D eigenvalue weighted by Gasteiger charge is -2.02. The molecule has 4 rings (SSSR count). The van der Waals surface area contributed by atoms with Gasteiger partial charge in [-0.1, -0.05) is 65.6 Å². The summed E-state index contributed by atoms with van der Waals surface area (Å²) < 4.78 is 2.06. The van der Waals surface area contributed by atoms with E-state index in [1.807, 2.05) is 61.6 Å². The Hall–Kier alpha value is -2.71. The van der Waals surface area contributed by atoms with Crippen molar-refractivity contribution < 1.29 is 4.79 Å². The van der Waals surface area contributed by atoms with Gasteiger partial charge >= 0.3 is 0 Å². The number of aryl methyl sites for hydroxylation is 1. The predicted octanol–water partition coefficient (Wildman–Crippen LogP) is 3.65. The summed E-state index contributed by atoms with van der Waals surface area (Å²) in [6.45, 7) is 0.475. The zero-order chi connectivity index (χ0) is 18.6. The zero-order valence-corrected chi connectivity index (χ0v) is 16.3. The maximum atomic E-state index is 12.3. The molecular formula is C19H17N5OS2. The van der Waals surface area contributed by atoms with Crippen molar-refractivity contribution in [3.63, 3.8) is 0 Å². The van der Waals surface area contributed by atoms with Crippen LogP contribution in [0.15, 0.2) is 59.8 Å². The predicted molar refractivity (Wildman–Crippen MR) is 108 cm³/mol. The standard InChI is InChI=1S/C19H17N5OS2/c1-24-15-10-6-5-9-14(15)21-19(24)26-12-16-22-23-18(27-16)17(25)20-11-13-7-3-2-4-8-13/h2-10H,11-12H2,1H3,(H,20,25). The van der Waals surface area contributed by atoms with Crippen LogP contribution >= 0.6 is 23.1 Å². The average molecular weight is 396 g/mol. The Bertz CT molecular complexity index is 1070. The molecule has 0 bridgehead atoms. The third kappa shape index (κ3) is 4.01. The Morgan fingerprint density at radius 1 is 1.11 bits per heavy atom. The number of para-hydroxylation sites is 2. The molecule has 0 aliphatic carbocycles. The van der Waals surface area contributed by atoms with Gasteiger partial charge in [-0.25, -0.2) is 4.98 Å². The number of benzene rings is 2. The van der Waals surface area contributed by atoms with E-state index in [4.69, 9.17) is 0 Å². The second kappa shape index (κ2) is 7.89. The van der Waals surface area contributed by atoms with Crippen molar-refractivity contribution in [1.82, 2.24) is 25.1 Å². The van der Waals surface area contributed by atoms with Gasteiger partial charge < -0.3 is 9.88 Å². The van der Waals surface area contributed by atoms with E-state index in [1.54, 1.807) is 11.8 Å². The number of amides is 1. The molecule has 0 saturated carbocycles. The first kappa shape index (κ1) is 17.7. The maximum absolute atomic E-state index is 12.3. The van der Waals surface area contributed by atoms with Crippen LogP contribution < -0.4 is 5.32 Å². The van der Waals surface area contributed by atoms with Crippen molar-refractivity contribution >= 4 is 40.0 Å². The van der Waals surface area contributed by atoms with Crippen molar-refractivity contribution in [3.8, 4) is 0 Å². The van der Waals surface area contributed by atoms with E-state index >= 15 is 0 Å². The number of aromatic nitrogens is 4. The van der Waals surface area contributed by atoms with Crippen LogP contribution in [0.3, 0.4) is 0 Å². The van der Waals surface area contributed by atoms with E-state index < -0.39 is 0 Å². The molecule has 0 saturated heterocycles. The third-order valence-electron chi connectivity index (χ3n) is 4.03. The summed E-state index contributed by atoms with van der Waals surface area (Å²) in [4.78, 5) is 16.9. The van der Waals surface area contributed by atoms with Gasteiger partial charge in [-0.15, -0.1) is 10.2 Å². The van der Waals surface area contributed by atoms with Gasteiger partial charge in [0.25, 0.3) is 5.91 Å². The van der Waals surface area contributed by atoms with Gasteiger partial charge in [-0.3, -0.25) is 4.79 Å². The third-order valence-corrected chi connectivity index (χ3v) is 6.17. The van der Waals surface area contributed by atoms with Gasteiger partial charge in [0.2, 0.25) is 5.01 Å². The summed E-state index contributed by atoms with van der Waals surface area (Å²) in [5, 5.41) is 13.1. The molecule has 0 fully saturated rings. The minimum absolute atomic E-state index is 0.199. The quantitative estimate of drug-likeness (QED) is 0.505. The van der Waals surface area contributed by atoms with Crippen LogP contribution in [0.4, 0.5) is 0 Å². The van der Waals surface area contributed by atoms with E-state index in [-0.39, 0.29) is 5.91 Å². The molecule has 0 aliphatic rings. The lowest BCUT2D eigenvalue weighted by atomic mass is 10.2. The minimum atomic E-state index is -0.199. The van der Waals surface area contributed by atoms with Crippen LogP contribution in [-0.4, -0.2) is 25.7 Å². The summed E-state index contributed by atoms with van der Waals surface area (Å²) in [6, 6.07) is 17.8. The van der Waals surface area contributed by atoms with E-state index in [0.717, 1.165) is 26.8 Å². The van der Waals surface area contributed by atoms with Crippen LogP contribution in [0.1, 0.15) is 20.4 Å². The SMILES string of the molecule is Cn1c(SCc2nnc(C(=O)NCc3ccccc3)s2)nc2ccccc21. The first-order valence-electron chi connectivity index (χ1n) is 8.39. The molecule has 0 unspecified atom stereocenters. The first-order valence-corrected chi connectivity index (χ1v) is 10.2. The molecule has 8 heteroatoms. The number of rotatable bonds is 6. The first-order chi connectivity index (χ1) is 13.2. The molecule has 0 atom stereocenters. The fraction of sp³-hybridized carbons (Fsp3) is 0.158. The molecule has 2 heterocycles. The lowest BCUT2D eigenvalue weighted by molar-refractivity contribution is 0.0950. The van der Waals surface area contributed by atoms with Gasteiger partial charge in [0.15, 0.2) is 5.16 Å². The van der Waals surface area contributed by atoms with Crippen molar-refractivity contribution in [2.75, 3.05) is 0 Å². The number of hydrogen-bond donors (Lipinski definition) is 1. The summed E-state index contributed by atoms with van der Waals surface area (Å²) in [6.07, 6.45) is 0. The molecular weight excluding hydrogens is 378 g/mol. The molecule has 2 aromatic heterocycles. The Kier molecular flexibility index (Phi) is 5.17. The van der Waals surface area contributed by atoms with Crippen LogP contribution in [-0.2, 0) is 19.3 Å². The number of hydrogen-bond acceptors (Lipinski definition) is 6. The molecule has 136 valence electrons. The summed E-state index contributed by atoms with van der Waals surface area (Å²) >= 11 is 2.91. The van der Waals surface area contributed by atoms with Gasteiger partial charge in [0.1, 0.15) is 5.01 Å². The Morgan fingerprint density at radius 2 is 1.89 bits per heavy atom. The lowest BCUT2D eigenvalue weighted by Crippen LogP contribution is -2.22. The molecule has 0 aliphatic heterocycles. The minimum Gasteiger partial charge on any atom is -0.346 e. The number of imidazole rings is 1. The van der Waals surface area contributed by atoms with Crippen LogP contribution in [0.25, 0.3) is 11.0 Å². The van der Waals surface area contributed by atoms with E-state index in [2.05, 4.69) is 25.1 Å². The van der Waals surface area contributed by atoms with Crippen LogP contribution in [0.5, 0.6) is 0 Å². The van der Waals surface area contributed by atoms with Crippen molar-refractivity contribution in [3.05, 3.63) is 70.2 Å². The Morgan fingerprint density at radius 3 is 2.70 bits per heavy atom. The normalized spacial score (nSPS) is 11.0. The summed E-state index contributed by atoms with van der Waals surface area (Å²) in [5.41, 5.74) is 3.12.